The van der Waals surface area contributed by atoms with Crippen LogP contribution in [-0.2, 0) is 11.2 Å². The molecule has 0 aliphatic carbocycles. The first-order chi connectivity index (χ1) is 15.6. The van der Waals surface area contributed by atoms with Crippen molar-refractivity contribution in [2.24, 2.45) is 0 Å². The van der Waals surface area contributed by atoms with Gasteiger partial charge in [-0.25, -0.2) is 0 Å². The normalized spacial score (nSPS) is 10.6. The smallest absolute Gasteiger partial charge is 0.271 e. The van der Waals surface area contributed by atoms with Crippen molar-refractivity contribution < 1.29 is 9.72 Å². The molecule has 4 rings (SSSR count). The number of hydrogen-bond acceptors (Lipinski definition) is 6. The Balaban J connectivity index is 1.51. The molecule has 160 valence electrons. The zero-order valence-corrected chi connectivity index (χ0v) is 17.7. The predicted molar refractivity (Wildman–Crippen MR) is 123 cm³/mol. The Labute approximate surface area is 188 Å². The van der Waals surface area contributed by atoms with E-state index < -0.39 is 4.92 Å². The summed E-state index contributed by atoms with van der Waals surface area (Å²) in [6.07, 6.45) is 0.600. The maximum Gasteiger partial charge on any atom is 0.271 e. The zero-order chi connectivity index (χ0) is 22.3. The molecule has 0 bridgehead atoms. The van der Waals surface area contributed by atoms with Gasteiger partial charge in [-0.1, -0.05) is 66.4 Å². The van der Waals surface area contributed by atoms with Crippen molar-refractivity contribution in [1.82, 2.24) is 14.8 Å². The lowest BCUT2D eigenvalue weighted by molar-refractivity contribution is -0.384. The van der Waals surface area contributed by atoms with Gasteiger partial charge in [-0.2, -0.15) is 0 Å². The van der Waals surface area contributed by atoms with E-state index in [0.29, 0.717) is 17.3 Å². The van der Waals surface area contributed by atoms with E-state index in [2.05, 4.69) is 15.5 Å². The van der Waals surface area contributed by atoms with Gasteiger partial charge in [0.1, 0.15) is 5.82 Å². The van der Waals surface area contributed by atoms with Crippen LogP contribution in [0.2, 0.25) is 0 Å². The van der Waals surface area contributed by atoms with Crippen LogP contribution in [0.1, 0.15) is 11.4 Å². The third-order valence-corrected chi connectivity index (χ3v) is 5.52. The third kappa shape index (κ3) is 5.19. The summed E-state index contributed by atoms with van der Waals surface area (Å²) in [6.45, 7) is 0. The molecule has 0 unspecified atom stereocenters. The summed E-state index contributed by atoms with van der Waals surface area (Å²) in [5.74, 6) is 0.561. The number of thioether (sulfide) groups is 1. The van der Waals surface area contributed by atoms with E-state index in [1.165, 1.54) is 30.0 Å². The Kier molecular flexibility index (Phi) is 6.57. The molecule has 0 spiro atoms. The molecule has 1 aromatic heterocycles. The zero-order valence-electron chi connectivity index (χ0n) is 16.9. The van der Waals surface area contributed by atoms with Crippen molar-refractivity contribution in [1.29, 1.82) is 0 Å². The van der Waals surface area contributed by atoms with E-state index >= 15 is 0 Å². The lowest BCUT2D eigenvalue weighted by Gasteiger charge is -2.10. The van der Waals surface area contributed by atoms with Crippen molar-refractivity contribution in [3.63, 3.8) is 0 Å². The minimum absolute atomic E-state index is 0.0789. The second kappa shape index (κ2) is 9.88. The number of anilines is 1. The highest BCUT2D eigenvalue weighted by Crippen LogP contribution is 2.24. The molecule has 0 fully saturated rings. The first-order valence-corrected chi connectivity index (χ1v) is 10.8. The molecule has 32 heavy (non-hydrogen) atoms. The number of benzene rings is 3. The molecule has 0 atom stereocenters. The molecule has 8 nitrogen and oxygen atoms in total. The average Bonchev–Trinajstić information content (AvgIpc) is 3.21. The van der Waals surface area contributed by atoms with Crippen molar-refractivity contribution in [2.75, 3.05) is 11.1 Å². The van der Waals surface area contributed by atoms with E-state index in [0.717, 1.165) is 17.1 Å². The molecular formula is C23H19N5O3S. The van der Waals surface area contributed by atoms with E-state index in [4.69, 9.17) is 0 Å². The van der Waals surface area contributed by atoms with Crippen LogP contribution in [-0.4, -0.2) is 31.3 Å². The van der Waals surface area contributed by atoms with Gasteiger partial charge in [-0.3, -0.25) is 19.5 Å². The van der Waals surface area contributed by atoms with E-state index in [9.17, 15) is 14.9 Å². The molecule has 0 aliphatic heterocycles. The lowest BCUT2D eigenvalue weighted by Crippen LogP contribution is -2.14. The SMILES string of the molecule is O=C(CSc1nnc(Cc2ccccc2)n1-c1ccccc1)Nc1cccc([N+](=O)[O-])c1. The second-order valence-electron chi connectivity index (χ2n) is 6.88. The number of nitrogens with one attached hydrogen (secondary N) is 1. The number of nitro groups is 1. The van der Waals surface area contributed by atoms with Crippen LogP contribution < -0.4 is 5.32 Å². The maximum absolute atomic E-state index is 12.5. The van der Waals surface area contributed by atoms with Gasteiger partial charge in [0.2, 0.25) is 5.91 Å². The van der Waals surface area contributed by atoms with Crippen LogP contribution in [0.15, 0.2) is 90.1 Å². The number of nitro benzene ring substituents is 1. The molecule has 3 aromatic carbocycles. The van der Waals surface area contributed by atoms with Crippen LogP contribution in [0, 0.1) is 10.1 Å². The van der Waals surface area contributed by atoms with Gasteiger partial charge < -0.3 is 5.32 Å². The number of non-ortho nitro benzene ring substituents is 1. The number of carbonyl (C=O) groups excluding carboxylic acids is 1. The molecule has 0 saturated carbocycles. The molecule has 0 saturated heterocycles. The summed E-state index contributed by atoms with van der Waals surface area (Å²) in [5, 5.41) is 22.9. The van der Waals surface area contributed by atoms with Crippen molar-refractivity contribution in [3.8, 4) is 5.69 Å². The molecular weight excluding hydrogens is 426 g/mol. The summed E-state index contributed by atoms with van der Waals surface area (Å²) >= 11 is 1.25. The summed E-state index contributed by atoms with van der Waals surface area (Å²) in [6, 6.07) is 25.6. The molecule has 1 amide bonds. The number of rotatable bonds is 8. The Bertz CT molecular complexity index is 1230. The topological polar surface area (TPSA) is 103 Å². The number of aromatic nitrogens is 3. The first kappa shape index (κ1) is 21.3. The Hall–Kier alpha value is -3.98. The minimum atomic E-state index is -0.499. The molecule has 9 heteroatoms. The van der Waals surface area contributed by atoms with Crippen molar-refractivity contribution >= 4 is 29.0 Å². The number of para-hydroxylation sites is 1. The van der Waals surface area contributed by atoms with Crippen molar-refractivity contribution in [2.45, 2.75) is 11.6 Å². The summed E-state index contributed by atoms with van der Waals surface area (Å²) < 4.78 is 1.94. The fourth-order valence-electron chi connectivity index (χ4n) is 3.15. The maximum atomic E-state index is 12.5. The minimum Gasteiger partial charge on any atom is -0.325 e. The van der Waals surface area contributed by atoms with Crippen LogP contribution in [0.4, 0.5) is 11.4 Å². The Morgan fingerprint density at radius 3 is 2.41 bits per heavy atom. The fraction of sp³-hybridized carbons (Fsp3) is 0.0870. The van der Waals surface area contributed by atoms with Crippen LogP contribution >= 0.6 is 11.8 Å². The lowest BCUT2D eigenvalue weighted by atomic mass is 10.1. The Morgan fingerprint density at radius 2 is 1.69 bits per heavy atom. The van der Waals surface area contributed by atoms with Gasteiger partial charge in [0, 0.05) is 29.9 Å². The summed E-state index contributed by atoms with van der Waals surface area (Å²) in [7, 11) is 0. The number of nitrogens with zero attached hydrogens (tertiary/aromatic N) is 4. The number of hydrogen-bond donors (Lipinski definition) is 1. The summed E-state index contributed by atoms with van der Waals surface area (Å²) in [5.41, 5.74) is 2.31. The summed E-state index contributed by atoms with van der Waals surface area (Å²) in [4.78, 5) is 22.9. The second-order valence-corrected chi connectivity index (χ2v) is 7.82. The van der Waals surface area contributed by atoms with Crippen molar-refractivity contribution in [3.05, 3.63) is 106 Å². The van der Waals surface area contributed by atoms with Gasteiger partial charge in [0.05, 0.1) is 10.7 Å². The largest absolute Gasteiger partial charge is 0.325 e. The molecule has 0 radical (unpaired) electrons. The van der Waals surface area contributed by atoms with Gasteiger partial charge in [0.15, 0.2) is 5.16 Å². The van der Waals surface area contributed by atoms with Crippen LogP contribution in [0.25, 0.3) is 5.69 Å². The molecule has 4 aromatic rings. The number of amides is 1. The predicted octanol–water partition coefficient (Wildman–Crippen LogP) is 4.50. The van der Waals surface area contributed by atoms with Gasteiger partial charge in [0.25, 0.3) is 5.69 Å². The number of carbonyl (C=O) groups is 1. The highest BCUT2D eigenvalue weighted by molar-refractivity contribution is 7.99. The quantitative estimate of drug-likeness (QED) is 0.243. The standard InChI is InChI=1S/C23H19N5O3S/c29-22(24-18-10-7-13-20(15-18)28(30)31)16-32-23-26-25-21(14-17-8-3-1-4-9-17)27(23)19-11-5-2-6-12-19/h1-13,15H,14,16H2,(H,24,29). The van der Waals surface area contributed by atoms with E-state index in [1.54, 1.807) is 6.07 Å². The van der Waals surface area contributed by atoms with Crippen LogP contribution in [0.5, 0.6) is 0 Å². The molecule has 1 N–H and O–H groups in total. The monoisotopic (exact) mass is 445 g/mol. The van der Waals surface area contributed by atoms with E-state index in [-0.39, 0.29) is 17.3 Å². The average molecular weight is 446 g/mol. The third-order valence-electron chi connectivity index (χ3n) is 4.59. The van der Waals surface area contributed by atoms with Gasteiger partial charge >= 0.3 is 0 Å². The highest BCUT2D eigenvalue weighted by atomic mass is 32.2. The molecule has 0 aliphatic rings. The fourth-order valence-corrected chi connectivity index (χ4v) is 3.92. The highest BCUT2D eigenvalue weighted by Gasteiger charge is 2.16. The van der Waals surface area contributed by atoms with Gasteiger partial charge in [-0.15, -0.1) is 10.2 Å². The first-order valence-electron chi connectivity index (χ1n) is 9.81. The molecule has 1 heterocycles. The van der Waals surface area contributed by atoms with E-state index in [1.807, 2.05) is 65.2 Å². The Morgan fingerprint density at radius 1 is 0.969 bits per heavy atom. The van der Waals surface area contributed by atoms with Gasteiger partial charge in [-0.05, 0) is 23.8 Å². The van der Waals surface area contributed by atoms with Crippen LogP contribution in [0.3, 0.4) is 0 Å².